The summed E-state index contributed by atoms with van der Waals surface area (Å²) >= 11 is 0. The van der Waals surface area contributed by atoms with Gasteiger partial charge in [0.2, 0.25) is 0 Å². The van der Waals surface area contributed by atoms with Gasteiger partial charge < -0.3 is 9.47 Å². The van der Waals surface area contributed by atoms with Crippen LogP contribution in [0.1, 0.15) is 12.0 Å². The molecule has 3 atom stereocenters. The minimum atomic E-state index is -0.277. The number of rotatable bonds is 2. The maximum Gasteiger partial charge on any atom is 0.338 e. The van der Waals surface area contributed by atoms with E-state index in [2.05, 4.69) is 0 Å². The topological polar surface area (TPSA) is 38.8 Å². The smallest absolute Gasteiger partial charge is 0.338 e. The number of carbonyl (C=O) groups excluding carboxylic acids is 1. The lowest BCUT2D eigenvalue weighted by molar-refractivity contribution is -0.149. The Hall–Kier alpha value is -1.61. The van der Waals surface area contributed by atoms with Gasteiger partial charge >= 0.3 is 5.97 Å². The number of ether oxygens (including phenoxy) is 2. The Morgan fingerprint density at radius 2 is 2.06 bits per heavy atom. The minimum Gasteiger partial charge on any atom is -0.456 e. The van der Waals surface area contributed by atoms with Crippen LogP contribution in [0.15, 0.2) is 36.4 Å². The van der Waals surface area contributed by atoms with E-state index in [1.54, 1.807) is 0 Å². The van der Waals surface area contributed by atoms with E-state index in [4.69, 9.17) is 9.47 Å². The van der Waals surface area contributed by atoms with Gasteiger partial charge in [-0.15, -0.1) is 0 Å². The molecular weight excluding hydrogens is 204 g/mol. The maximum atomic E-state index is 11.3. The average Bonchev–Trinajstić information content (AvgIpc) is 3.08. The van der Waals surface area contributed by atoms with Crippen LogP contribution in [0, 0.1) is 0 Å². The molecule has 0 spiro atoms. The summed E-state index contributed by atoms with van der Waals surface area (Å²) in [6.07, 6.45) is 4.34. The molecule has 0 amide bonds. The fourth-order valence-corrected chi connectivity index (χ4v) is 1.92. The monoisotopic (exact) mass is 216 g/mol. The summed E-state index contributed by atoms with van der Waals surface area (Å²) in [4.78, 5) is 11.3. The quantitative estimate of drug-likeness (QED) is 0.558. The Bertz CT molecular complexity index is 424. The van der Waals surface area contributed by atoms with Crippen molar-refractivity contribution in [3.05, 3.63) is 42.0 Å². The number of cyclic esters (lactones) is 1. The number of hydrogen-bond donors (Lipinski definition) is 0. The molecule has 0 bridgehead atoms. The van der Waals surface area contributed by atoms with E-state index in [-0.39, 0.29) is 24.3 Å². The SMILES string of the molecule is O=C1O[C@H](/C=C/c2ccccc2)C[C@H]2O[C@@H]12. The first kappa shape index (κ1) is 9.60. The maximum absolute atomic E-state index is 11.3. The van der Waals surface area contributed by atoms with Gasteiger partial charge in [-0.05, 0) is 11.6 Å². The summed E-state index contributed by atoms with van der Waals surface area (Å²) in [7, 11) is 0. The van der Waals surface area contributed by atoms with E-state index in [0.29, 0.717) is 0 Å². The lowest BCUT2D eigenvalue weighted by atomic mass is 10.1. The second-order valence-corrected chi connectivity index (χ2v) is 4.08. The number of fused-ring (bicyclic) bond motifs is 1. The molecule has 3 nitrogen and oxygen atoms in total. The zero-order chi connectivity index (χ0) is 11.0. The first-order valence-corrected chi connectivity index (χ1v) is 5.42. The van der Waals surface area contributed by atoms with E-state index < -0.39 is 0 Å². The molecule has 1 aromatic rings. The van der Waals surface area contributed by atoms with Crippen LogP contribution in [0.25, 0.3) is 6.08 Å². The number of carbonyl (C=O) groups is 1. The summed E-state index contributed by atoms with van der Waals surface area (Å²) in [5.74, 6) is -0.223. The molecule has 2 fully saturated rings. The molecule has 3 heteroatoms. The third kappa shape index (κ3) is 1.86. The predicted molar refractivity (Wildman–Crippen MR) is 58.6 cm³/mol. The molecule has 2 saturated heterocycles. The summed E-state index contributed by atoms with van der Waals surface area (Å²) in [6, 6.07) is 9.95. The first-order chi connectivity index (χ1) is 7.83. The van der Waals surface area contributed by atoms with Gasteiger partial charge in [0.25, 0.3) is 0 Å². The second kappa shape index (κ2) is 3.76. The van der Waals surface area contributed by atoms with Crippen LogP contribution in [0.3, 0.4) is 0 Å². The molecule has 0 N–H and O–H groups in total. The molecule has 0 aromatic heterocycles. The lowest BCUT2D eigenvalue weighted by Gasteiger charge is -2.15. The van der Waals surface area contributed by atoms with Gasteiger partial charge in [0.05, 0.1) is 6.10 Å². The van der Waals surface area contributed by atoms with E-state index >= 15 is 0 Å². The van der Waals surface area contributed by atoms with E-state index in [0.717, 1.165) is 12.0 Å². The van der Waals surface area contributed by atoms with Gasteiger partial charge in [-0.1, -0.05) is 36.4 Å². The molecule has 0 radical (unpaired) electrons. The highest BCUT2D eigenvalue weighted by molar-refractivity contribution is 5.79. The number of benzene rings is 1. The summed E-state index contributed by atoms with van der Waals surface area (Å²) in [5.41, 5.74) is 1.11. The van der Waals surface area contributed by atoms with Crippen LogP contribution in [-0.2, 0) is 14.3 Å². The van der Waals surface area contributed by atoms with Gasteiger partial charge in [-0.2, -0.15) is 0 Å². The van der Waals surface area contributed by atoms with E-state index in [1.165, 1.54) is 0 Å². The first-order valence-electron chi connectivity index (χ1n) is 5.42. The highest BCUT2D eigenvalue weighted by atomic mass is 16.7. The molecule has 0 aliphatic carbocycles. The largest absolute Gasteiger partial charge is 0.456 e. The highest BCUT2D eigenvalue weighted by Gasteiger charge is 2.51. The predicted octanol–water partition coefficient (Wildman–Crippen LogP) is 1.78. The van der Waals surface area contributed by atoms with Crippen LogP contribution >= 0.6 is 0 Å². The minimum absolute atomic E-state index is 0.0895. The number of esters is 1. The molecule has 2 aliphatic rings. The molecule has 3 rings (SSSR count). The lowest BCUT2D eigenvalue weighted by Crippen LogP contribution is -2.28. The molecule has 16 heavy (non-hydrogen) atoms. The van der Waals surface area contributed by atoms with Crippen LogP contribution in [-0.4, -0.2) is 24.3 Å². The van der Waals surface area contributed by atoms with Crippen LogP contribution < -0.4 is 0 Å². The Morgan fingerprint density at radius 3 is 2.81 bits per heavy atom. The molecule has 1 aromatic carbocycles. The van der Waals surface area contributed by atoms with Gasteiger partial charge in [-0.25, -0.2) is 4.79 Å². The molecule has 0 unspecified atom stereocenters. The van der Waals surface area contributed by atoms with Crippen LogP contribution in [0.4, 0.5) is 0 Å². The van der Waals surface area contributed by atoms with Crippen LogP contribution in [0.2, 0.25) is 0 Å². The molecule has 0 saturated carbocycles. The summed E-state index contributed by atoms with van der Waals surface area (Å²) in [5, 5.41) is 0. The van der Waals surface area contributed by atoms with Gasteiger partial charge in [0.1, 0.15) is 6.10 Å². The van der Waals surface area contributed by atoms with Gasteiger partial charge in [0, 0.05) is 6.42 Å². The Balaban J connectivity index is 1.66. The molecule has 82 valence electrons. The Morgan fingerprint density at radius 1 is 1.25 bits per heavy atom. The third-order valence-corrected chi connectivity index (χ3v) is 2.85. The fraction of sp³-hybridized carbons (Fsp3) is 0.308. The Kier molecular flexibility index (Phi) is 2.26. The zero-order valence-corrected chi connectivity index (χ0v) is 8.71. The highest BCUT2D eigenvalue weighted by Crippen LogP contribution is 2.33. The summed E-state index contributed by atoms with van der Waals surface area (Å²) in [6.45, 7) is 0. The van der Waals surface area contributed by atoms with Crippen molar-refractivity contribution in [2.24, 2.45) is 0 Å². The Labute approximate surface area is 93.7 Å². The molecule has 2 heterocycles. The van der Waals surface area contributed by atoms with Crippen molar-refractivity contribution in [2.45, 2.75) is 24.7 Å². The van der Waals surface area contributed by atoms with Crippen molar-refractivity contribution in [1.82, 2.24) is 0 Å². The summed E-state index contributed by atoms with van der Waals surface area (Å²) < 4.78 is 10.4. The van der Waals surface area contributed by atoms with Crippen LogP contribution in [0.5, 0.6) is 0 Å². The normalized spacial score (nSPS) is 32.2. The number of epoxide rings is 1. The van der Waals surface area contributed by atoms with E-state index in [1.807, 2.05) is 42.5 Å². The molecule has 2 aliphatic heterocycles. The van der Waals surface area contributed by atoms with Crippen molar-refractivity contribution in [3.63, 3.8) is 0 Å². The van der Waals surface area contributed by atoms with Gasteiger partial charge in [-0.3, -0.25) is 0 Å². The average molecular weight is 216 g/mol. The zero-order valence-electron chi connectivity index (χ0n) is 8.71. The second-order valence-electron chi connectivity index (χ2n) is 4.08. The van der Waals surface area contributed by atoms with E-state index in [9.17, 15) is 4.79 Å². The number of hydrogen-bond acceptors (Lipinski definition) is 3. The van der Waals surface area contributed by atoms with Crippen molar-refractivity contribution in [1.29, 1.82) is 0 Å². The third-order valence-electron chi connectivity index (χ3n) is 2.85. The standard InChI is InChI=1S/C13H12O3/c14-13-12-11(16-12)8-10(15-13)7-6-9-4-2-1-3-5-9/h1-7,10-12H,8H2/b7-6+/t10-,11-,12-/m1/s1. The van der Waals surface area contributed by atoms with Crippen molar-refractivity contribution in [2.75, 3.05) is 0 Å². The molecular formula is C13H12O3. The van der Waals surface area contributed by atoms with Crippen molar-refractivity contribution < 1.29 is 14.3 Å². The van der Waals surface area contributed by atoms with Crippen molar-refractivity contribution >= 4 is 12.0 Å². The van der Waals surface area contributed by atoms with Crippen molar-refractivity contribution in [3.8, 4) is 0 Å². The fourth-order valence-electron chi connectivity index (χ4n) is 1.92. The van der Waals surface area contributed by atoms with Gasteiger partial charge in [0.15, 0.2) is 6.10 Å².